The SMILES string of the molecule is CC1CCCN(C(=O)c2cnccc2Cl)C1C. The number of piperidine rings is 1. The number of likely N-dealkylation sites (tertiary alicyclic amines) is 1. The van der Waals surface area contributed by atoms with E-state index in [1.807, 2.05) is 4.90 Å². The van der Waals surface area contributed by atoms with Crippen LogP contribution < -0.4 is 0 Å². The number of hydrogen-bond acceptors (Lipinski definition) is 2. The highest BCUT2D eigenvalue weighted by molar-refractivity contribution is 6.33. The molecule has 0 bridgehead atoms. The summed E-state index contributed by atoms with van der Waals surface area (Å²) in [6.07, 6.45) is 5.40. The maximum atomic E-state index is 12.4. The molecule has 1 aromatic rings. The van der Waals surface area contributed by atoms with Gasteiger partial charge >= 0.3 is 0 Å². The van der Waals surface area contributed by atoms with Crippen LogP contribution in [0.15, 0.2) is 18.5 Å². The number of pyridine rings is 1. The molecule has 1 aliphatic rings. The van der Waals surface area contributed by atoms with Gasteiger partial charge in [-0.25, -0.2) is 0 Å². The smallest absolute Gasteiger partial charge is 0.257 e. The number of aromatic nitrogens is 1. The summed E-state index contributed by atoms with van der Waals surface area (Å²) in [5.74, 6) is 0.547. The number of halogens is 1. The number of amides is 1. The number of carbonyl (C=O) groups is 1. The summed E-state index contributed by atoms with van der Waals surface area (Å²) >= 11 is 6.03. The summed E-state index contributed by atoms with van der Waals surface area (Å²) in [5.41, 5.74) is 0.509. The molecule has 92 valence electrons. The maximum Gasteiger partial charge on any atom is 0.257 e. The zero-order valence-corrected chi connectivity index (χ0v) is 10.9. The molecular weight excluding hydrogens is 236 g/mol. The summed E-state index contributed by atoms with van der Waals surface area (Å²) in [6, 6.07) is 1.93. The third-order valence-electron chi connectivity index (χ3n) is 3.63. The second-order valence-corrected chi connectivity index (χ2v) is 5.12. The lowest BCUT2D eigenvalue weighted by Crippen LogP contribution is -2.46. The predicted molar refractivity (Wildman–Crippen MR) is 68.1 cm³/mol. The summed E-state index contributed by atoms with van der Waals surface area (Å²) in [6.45, 7) is 5.11. The third kappa shape index (κ3) is 2.44. The van der Waals surface area contributed by atoms with E-state index in [1.165, 1.54) is 6.42 Å². The highest BCUT2D eigenvalue weighted by Crippen LogP contribution is 2.26. The molecule has 0 N–H and O–H groups in total. The largest absolute Gasteiger partial charge is 0.336 e. The lowest BCUT2D eigenvalue weighted by atomic mass is 9.91. The molecule has 1 aromatic heterocycles. The minimum Gasteiger partial charge on any atom is -0.336 e. The van der Waals surface area contributed by atoms with Gasteiger partial charge in [-0.15, -0.1) is 0 Å². The minimum atomic E-state index is 0.00199. The van der Waals surface area contributed by atoms with Crippen molar-refractivity contribution in [1.82, 2.24) is 9.88 Å². The van der Waals surface area contributed by atoms with Crippen molar-refractivity contribution in [3.05, 3.63) is 29.0 Å². The molecule has 0 spiro atoms. The molecule has 2 heterocycles. The number of rotatable bonds is 1. The Labute approximate surface area is 107 Å². The Kier molecular flexibility index (Phi) is 3.67. The molecule has 0 radical (unpaired) electrons. The van der Waals surface area contributed by atoms with Gasteiger partial charge in [0.2, 0.25) is 0 Å². The molecule has 0 aliphatic carbocycles. The van der Waals surface area contributed by atoms with E-state index in [4.69, 9.17) is 11.6 Å². The van der Waals surface area contributed by atoms with Crippen molar-refractivity contribution >= 4 is 17.5 Å². The van der Waals surface area contributed by atoms with Gasteiger partial charge in [0.1, 0.15) is 0 Å². The van der Waals surface area contributed by atoms with Gasteiger partial charge in [0.15, 0.2) is 0 Å². The molecule has 4 heteroatoms. The molecule has 2 atom stereocenters. The van der Waals surface area contributed by atoms with Crippen molar-refractivity contribution in [3.63, 3.8) is 0 Å². The second kappa shape index (κ2) is 5.05. The summed E-state index contributed by atoms with van der Waals surface area (Å²) in [4.78, 5) is 18.3. The number of carbonyl (C=O) groups excluding carboxylic acids is 1. The molecular formula is C13H17ClN2O. The van der Waals surface area contributed by atoms with Crippen LogP contribution in [0.2, 0.25) is 5.02 Å². The van der Waals surface area contributed by atoms with E-state index in [0.29, 0.717) is 16.5 Å². The van der Waals surface area contributed by atoms with Gasteiger partial charge in [-0.2, -0.15) is 0 Å². The molecule has 1 aliphatic heterocycles. The van der Waals surface area contributed by atoms with Crippen molar-refractivity contribution < 1.29 is 4.79 Å². The van der Waals surface area contributed by atoms with E-state index in [9.17, 15) is 4.79 Å². The van der Waals surface area contributed by atoms with Gasteiger partial charge in [0, 0.05) is 25.0 Å². The van der Waals surface area contributed by atoms with Crippen LogP contribution in [0.5, 0.6) is 0 Å². The maximum absolute atomic E-state index is 12.4. The van der Waals surface area contributed by atoms with E-state index in [-0.39, 0.29) is 11.9 Å². The number of hydrogen-bond donors (Lipinski definition) is 0. The predicted octanol–water partition coefficient (Wildman–Crippen LogP) is 3.00. The Morgan fingerprint density at radius 3 is 3.00 bits per heavy atom. The molecule has 2 rings (SSSR count). The van der Waals surface area contributed by atoms with Crippen molar-refractivity contribution in [2.45, 2.75) is 32.7 Å². The van der Waals surface area contributed by atoms with Crippen LogP contribution in [-0.2, 0) is 0 Å². The first-order valence-electron chi connectivity index (χ1n) is 6.01. The molecule has 0 aromatic carbocycles. The zero-order valence-electron chi connectivity index (χ0n) is 10.2. The van der Waals surface area contributed by atoms with Gasteiger partial charge in [-0.3, -0.25) is 9.78 Å². The topological polar surface area (TPSA) is 33.2 Å². The van der Waals surface area contributed by atoms with E-state index in [0.717, 1.165) is 13.0 Å². The van der Waals surface area contributed by atoms with Crippen molar-refractivity contribution in [1.29, 1.82) is 0 Å². The highest BCUT2D eigenvalue weighted by atomic mass is 35.5. The van der Waals surface area contributed by atoms with Crippen molar-refractivity contribution in [2.24, 2.45) is 5.92 Å². The van der Waals surface area contributed by atoms with Crippen LogP contribution in [-0.4, -0.2) is 28.4 Å². The molecule has 3 nitrogen and oxygen atoms in total. The lowest BCUT2D eigenvalue weighted by Gasteiger charge is -2.38. The first-order valence-corrected chi connectivity index (χ1v) is 6.39. The van der Waals surface area contributed by atoms with Gasteiger partial charge in [0.05, 0.1) is 10.6 Å². The molecule has 1 fully saturated rings. The van der Waals surface area contributed by atoms with Crippen LogP contribution in [0, 0.1) is 5.92 Å². The second-order valence-electron chi connectivity index (χ2n) is 4.71. The zero-order chi connectivity index (χ0) is 12.4. The van der Waals surface area contributed by atoms with Gasteiger partial charge in [-0.1, -0.05) is 18.5 Å². The average Bonchev–Trinajstić information content (AvgIpc) is 2.32. The molecule has 2 unspecified atom stereocenters. The first kappa shape index (κ1) is 12.4. The van der Waals surface area contributed by atoms with Crippen LogP contribution in [0.25, 0.3) is 0 Å². The van der Waals surface area contributed by atoms with Crippen LogP contribution in [0.3, 0.4) is 0 Å². The Hall–Kier alpha value is -1.09. The van der Waals surface area contributed by atoms with Gasteiger partial charge in [0.25, 0.3) is 5.91 Å². The third-order valence-corrected chi connectivity index (χ3v) is 3.96. The van der Waals surface area contributed by atoms with E-state index in [1.54, 1.807) is 18.5 Å². The Morgan fingerprint density at radius 2 is 2.29 bits per heavy atom. The van der Waals surface area contributed by atoms with Crippen LogP contribution in [0.1, 0.15) is 37.0 Å². The summed E-state index contributed by atoms with van der Waals surface area (Å²) < 4.78 is 0. The fourth-order valence-corrected chi connectivity index (χ4v) is 2.50. The fourth-order valence-electron chi connectivity index (χ4n) is 2.31. The van der Waals surface area contributed by atoms with Gasteiger partial charge < -0.3 is 4.90 Å². The molecule has 17 heavy (non-hydrogen) atoms. The quantitative estimate of drug-likeness (QED) is 0.770. The fraction of sp³-hybridized carbons (Fsp3) is 0.538. The van der Waals surface area contributed by atoms with E-state index >= 15 is 0 Å². The average molecular weight is 253 g/mol. The summed E-state index contributed by atoms with van der Waals surface area (Å²) in [7, 11) is 0. The summed E-state index contributed by atoms with van der Waals surface area (Å²) in [5, 5.41) is 0.482. The van der Waals surface area contributed by atoms with Crippen molar-refractivity contribution in [3.8, 4) is 0 Å². The minimum absolute atomic E-state index is 0.00199. The Bertz CT molecular complexity index is 422. The van der Waals surface area contributed by atoms with Crippen LogP contribution in [0.4, 0.5) is 0 Å². The Balaban J connectivity index is 2.23. The monoisotopic (exact) mass is 252 g/mol. The first-order chi connectivity index (χ1) is 8.11. The van der Waals surface area contributed by atoms with Crippen LogP contribution >= 0.6 is 11.6 Å². The molecule has 1 amide bonds. The van der Waals surface area contributed by atoms with Crippen molar-refractivity contribution in [2.75, 3.05) is 6.54 Å². The van der Waals surface area contributed by atoms with E-state index in [2.05, 4.69) is 18.8 Å². The van der Waals surface area contributed by atoms with E-state index < -0.39 is 0 Å². The standard InChI is InChI=1S/C13H17ClN2O/c1-9-4-3-7-16(10(9)2)13(17)11-8-15-6-5-12(11)14/h5-6,8-10H,3-4,7H2,1-2H3. The Morgan fingerprint density at radius 1 is 1.53 bits per heavy atom. The molecule has 0 saturated carbocycles. The lowest BCUT2D eigenvalue weighted by molar-refractivity contribution is 0.0551. The normalized spacial score (nSPS) is 24.8. The van der Waals surface area contributed by atoms with Gasteiger partial charge in [-0.05, 0) is 31.7 Å². The molecule has 1 saturated heterocycles. The highest BCUT2D eigenvalue weighted by Gasteiger charge is 2.29. The number of nitrogens with zero attached hydrogens (tertiary/aromatic N) is 2.